The van der Waals surface area contributed by atoms with Crippen molar-refractivity contribution in [1.29, 1.82) is 0 Å². The highest BCUT2D eigenvalue weighted by Crippen LogP contribution is 2.14. The fourth-order valence-electron chi connectivity index (χ4n) is 1.10. The lowest BCUT2D eigenvalue weighted by Gasteiger charge is -2.02. The Hall–Kier alpha value is -1.57. The van der Waals surface area contributed by atoms with Crippen LogP contribution in [0, 0.1) is 0 Å². The fraction of sp³-hybridized carbons (Fsp3) is 0.250. The predicted octanol–water partition coefficient (Wildman–Crippen LogP) is 2.84. The second-order valence-electron chi connectivity index (χ2n) is 3.03. The van der Waals surface area contributed by atoms with Gasteiger partial charge in [-0.05, 0) is 43.7 Å². The van der Waals surface area contributed by atoms with Crippen LogP contribution in [0.15, 0.2) is 35.9 Å². The molecule has 0 amide bonds. The van der Waals surface area contributed by atoms with E-state index in [9.17, 15) is 4.79 Å². The van der Waals surface area contributed by atoms with E-state index >= 15 is 0 Å². The van der Waals surface area contributed by atoms with Gasteiger partial charge in [-0.3, -0.25) is 4.79 Å². The quantitative estimate of drug-likeness (QED) is 0.541. The molecule has 0 aromatic heterocycles. The molecule has 0 spiro atoms. The monoisotopic (exact) mass is 190 g/mol. The number of methoxy groups -OCH3 is 1. The summed E-state index contributed by atoms with van der Waals surface area (Å²) in [5.74, 6) is 0.829. The molecule has 0 N–H and O–H groups in total. The molecule has 74 valence electrons. The zero-order chi connectivity index (χ0) is 10.6. The van der Waals surface area contributed by atoms with Gasteiger partial charge in [-0.25, -0.2) is 0 Å². The van der Waals surface area contributed by atoms with E-state index in [1.807, 2.05) is 19.9 Å². The maximum atomic E-state index is 11.7. The molecule has 0 bridgehead atoms. The maximum absolute atomic E-state index is 11.7. The molecule has 1 aromatic carbocycles. The first-order chi connectivity index (χ1) is 6.69. The van der Waals surface area contributed by atoms with E-state index in [4.69, 9.17) is 4.74 Å². The summed E-state index contributed by atoms with van der Waals surface area (Å²) in [7, 11) is 1.61. The Balaban J connectivity index is 2.92. The maximum Gasteiger partial charge on any atom is 0.188 e. The third-order valence-electron chi connectivity index (χ3n) is 2.14. The summed E-state index contributed by atoms with van der Waals surface area (Å²) in [4.78, 5) is 11.7. The Bertz CT molecular complexity index is 347. The number of hydrogen-bond acceptors (Lipinski definition) is 2. The van der Waals surface area contributed by atoms with Gasteiger partial charge >= 0.3 is 0 Å². The van der Waals surface area contributed by atoms with Crippen molar-refractivity contribution in [3.05, 3.63) is 41.5 Å². The molecule has 0 saturated carbocycles. The van der Waals surface area contributed by atoms with Crippen molar-refractivity contribution in [3.8, 4) is 5.75 Å². The van der Waals surface area contributed by atoms with Crippen LogP contribution in [-0.2, 0) is 0 Å². The molecule has 0 aliphatic rings. The summed E-state index contributed by atoms with van der Waals surface area (Å²) in [5.41, 5.74) is 1.46. The van der Waals surface area contributed by atoms with Gasteiger partial charge < -0.3 is 4.74 Å². The van der Waals surface area contributed by atoms with Crippen LogP contribution in [0.5, 0.6) is 5.75 Å². The SMILES string of the molecule is C/C=C(\C)C(=O)c1ccc(OC)cc1. The summed E-state index contributed by atoms with van der Waals surface area (Å²) in [5, 5.41) is 0. The Labute approximate surface area is 84.2 Å². The summed E-state index contributed by atoms with van der Waals surface area (Å²) in [6.07, 6.45) is 1.81. The van der Waals surface area contributed by atoms with Gasteiger partial charge in [0.25, 0.3) is 0 Å². The number of hydrogen-bond donors (Lipinski definition) is 0. The predicted molar refractivity (Wildman–Crippen MR) is 56.8 cm³/mol. The van der Waals surface area contributed by atoms with Crippen molar-refractivity contribution >= 4 is 5.78 Å². The molecule has 1 rings (SSSR count). The second-order valence-corrected chi connectivity index (χ2v) is 3.03. The average molecular weight is 190 g/mol. The van der Waals surface area contributed by atoms with Crippen LogP contribution in [0.2, 0.25) is 0 Å². The molecule has 0 fully saturated rings. The normalized spacial score (nSPS) is 11.2. The summed E-state index contributed by atoms with van der Waals surface area (Å²) in [6.45, 7) is 3.67. The van der Waals surface area contributed by atoms with Gasteiger partial charge in [0.15, 0.2) is 5.78 Å². The van der Waals surface area contributed by atoms with E-state index < -0.39 is 0 Å². The first-order valence-electron chi connectivity index (χ1n) is 4.50. The molecular weight excluding hydrogens is 176 g/mol. The minimum atomic E-state index is 0.0650. The molecule has 0 atom stereocenters. The molecule has 2 nitrogen and oxygen atoms in total. The molecule has 2 heteroatoms. The molecule has 0 unspecified atom stereocenters. The molecule has 0 aliphatic carbocycles. The van der Waals surface area contributed by atoms with Crippen molar-refractivity contribution < 1.29 is 9.53 Å². The highest BCUT2D eigenvalue weighted by atomic mass is 16.5. The third-order valence-corrected chi connectivity index (χ3v) is 2.14. The number of carbonyl (C=O) groups excluding carboxylic acids is 1. The van der Waals surface area contributed by atoms with Crippen LogP contribution in [0.1, 0.15) is 24.2 Å². The fourth-order valence-corrected chi connectivity index (χ4v) is 1.10. The lowest BCUT2D eigenvalue weighted by atomic mass is 10.0. The van der Waals surface area contributed by atoms with Crippen molar-refractivity contribution in [2.45, 2.75) is 13.8 Å². The number of carbonyl (C=O) groups is 1. The number of rotatable bonds is 3. The lowest BCUT2D eigenvalue weighted by molar-refractivity contribution is 0.103. The van der Waals surface area contributed by atoms with E-state index in [0.717, 1.165) is 11.3 Å². The van der Waals surface area contributed by atoms with Crippen molar-refractivity contribution in [3.63, 3.8) is 0 Å². The molecule has 0 saturated heterocycles. The van der Waals surface area contributed by atoms with Gasteiger partial charge in [0.2, 0.25) is 0 Å². The standard InChI is InChI=1S/C12H14O2/c1-4-9(2)12(13)10-5-7-11(14-3)8-6-10/h4-8H,1-3H3/b9-4+. The summed E-state index contributed by atoms with van der Waals surface area (Å²) < 4.78 is 5.01. The number of benzene rings is 1. The summed E-state index contributed by atoms with van der Waals surface area (Å²) in [6, 6.07) is 7.12. The molecule has 1 aromatic rings. The largest absolute Gasteiger partial charge is 0.497 e. The summed E-state index contributed by atoms with van der Waals surface area (Å²) >= 11 is 0. The van der Waals surface area contributed by atoms with E-state index in [1.54, 1.807) is 31.4 Å². The van der Waals surface area contributed by atoms with Crippen LogP contribution in [0.3, 0.4) is 0 Å². The topological polar surface area (TPSA) is 26.3 Å². The first kappa shape index (κ1) is 10.5. The Kier molecular flexibility index (Phi) is 3.46. The minimum Gasteiger partial charge on any atom is -0.497 e. The molecular formula is C12H14O2. The molecule has 0 heterocycles. The average Bonchev–Trinajstić information content (AvgIpc) is 2.27. The second kappa shape index (κ2) is 4.61. The van der Waals surface area contributed by atoms with Gasteiger partial charge in [0.05, 0.1) is 7.11 Å². The number of ketones is 1. The van der Waals surface area contributed by atoms with E-state index in [1.165, 1.54) is 0 Å². The van der Waals surface area contributed by atoms with Crippen molar-refractivity contribution in [2.75, 3.05) is 7.11 Å². The Morgan fingerprint density at radius 3 is 2.29 bits per heavy atom. The Morgan fingerprint density at radius 2 is 1.86 bits per heavy atom. The zero-order valence-electron chi connectivity index (χ0n) is 8.70. The smallest absolute Gasteiger partial charge is 0.188 e. The molecule has 14 heavy (non-hydrogen) atoms. The van der Waals surface area contributed by atoms with Crippen LogP contribution in [0.4, 0.5) is 0 Å². The van der Waals surface area contributed by atoms with Gasteiger partial charge in [-0.2, -0.15) is 0 Å². The van der Waals surface area contributed by atoms with E-state index in [2.05, 4.69) is 0 Å². The number of Topliss-reactive ketones (excluding diaryl/α,β-unsaturated/α-hetero) is 1. The molecule has 0 radical (unpaired) electrons. The van der Waals surface area contributed by atoms with Gasteiger partial charge in [-0.15, -0.1) is 0 Å². The van der Waals surface area contributed by atoms with E-state index in [0.29, 0.717) is 5.56 Å². The molecule has 0 aliphatic heterocycles. The van der Waals surface area contributed by atoms with Crippen LogP contribution in [-0.4, -0.2) is 12.9 Å². The number of allylic oxidation sites excluding steroid dienone is 2. The van der Waals surface area contributed by atoms with Gasteiger partial charge in [0.1, 0.15) is 5.75 Å². The Morgan fingerprint density at radius 1 is 1.29 bits per heavy atom. The first-order valence-corrected chi connectivity index (χ1v) is 4.50. The van der Waals surface area contributed by atoms with Crippen LogP contribution in [0.25, 0.3) is 0 Å². The van der Waals surface area contributed by atoms with Gasteiger partial charge in [0, 0.05) is 5.56 Å². The minimum absolute atomic E-state index is 0.0650. The third kappa shape index (κ3) is 2.22. The van der Waals surface area contributed by atoms with Crippen molar-refractivity contribution in [1.82, 2.24) is 0 Å². The highest BCUT2D eigenvalue weighted by molar-refractivity contribution is 6.08. The van der Waals surface area contributed by atoms with Crippen LogP contribution < -0.4 is 4.74 Å². The number of ether oxygens (including phenoxy) is 1. The highest BCUT2D eigenvalue weighted by Gasteiger charge is 2.06. The van der Waals surface area contributed by atoms with Gasteiger partial charge in [-0.1, -0.05) is 6.08 Å². The van der Waals surface area contributed by atoms with Crippen LogP contribution >= 0.6 is 0 Å². The zero-order valence-corrected chi connectivity index (χ0v) is 8.70. The van der Waals surface area contributed by atoms with Crippen molar-refractivity contribution in [2.24, 2.45) is 0 Å². The lowest BCUT2D eigenvalue weighted by Crippen LogP contribution is -1.99. The van der Waals surface area contributed by atoms with E-state index in [-0.39, 0.29) is 5.78 Å².